The van der Waals surface area contributed by atoms with Gasteiger partial charge in [0.05, 0.1) is 0 Å². The lowest BCUT2D eigenvalue weighted by atomic mass is 9.96. The van der Waals surface area contributed by atoms with E-state index in [1.54, 1.807) is 11.0 Å². The Morgan fingerprint density at radius 2 is 1.73 bits per heavy atom. The third-order valence-corrected chi connectivity index (χ3v) is 5.26. The lowest BCUT2D eigenvalue weighted by Gasteiger charge is -2.29. The Labute approximate surface area is 156 Å². The topological polar surface area (TPSA) is 53.0 Å². The van der Waals surface area contributed by atoms with Crippen LogP contribution in [0.15, 0.2) is 53.5 Å². The van der Waals surface area contributed by atoms with E-state index < -0.39 is 11.8 Å². The Balaban J connectivity index is 1.65. The van der Waals surface area contributed by atoms with Crippen molar-refractivity contribution in [3.05, 3.63) is 64.7 Å². The van der Waals surface area contributed by atoms with Gasteiger partial charge < -0.3 is 4.90 Å². The number of hydrogen-bond acceptors (Lipinski definition) is 3. The Morgan fingerprint density at radius 3 is 2.50 bits per heavy atom. The summed E-state index contributed by atoms with van der Waals surface area (Å²) in [5.41, 5.74) is 2.84. The molecule has 1 atom stereocenters. The van der Waals surface area contributed by atoms with Gasteiger partial charge in [0.2, 0.25) is 11.9 Å². The van der Waals surface area contributed by atoms with Crippen LogP contribution in [0, 0.1) is 12.8 Å². The van der Waals surface area contributed by atoms with Gasteiger partial charge in [0, 0.05) is 23.8 Å². The number of halogens is 1. The van der Waals surface area contributed by atoms with Gasteiger partial charge in [-0.15, -0.1) is 0 Å². The molecule has 132 valence electrons. The van der Waals surface area contributed by atoms with Gasteiger partial charge in [-0.1, -0.05) is 48.0 Å². The normalized spacial score (nSPS) is 19.6. The Hall–Kier alpha value is -2.66. The molecule has 6 heteroatoms. The minimum Gasteiger partial charge on any atom is -0.310 e. The summed E-state index contributed by atoms with van der Waals surface area (Å²) in [5.74, 6) is -0.974. The number of carbonyl (C=O) groups is 2. The van der Waals surface area contributed by atoms with Crippen LogP contribution in [0.2, 0.25) is 5.02 Å². The minimum absolute atomic E-state index is 0.198. The van der Waals surface area contributed by atoms with Crippen molar-refractivity contribution < 1.29 is 9.59 Å². The number of carbonyl (C=O) groups excluding carboxylic acids is 2. The third kappa shape index (κ3) is 2.78. The number of aliphatic imine (C=N–C) groups is 1. The SMILES string of the molecule is Cc1ccccc1N1CCN2C(=O)C(Cc3ccccc3Cl)C(=O)N=C21. The Kier molecular flexibility index (Phi) is 4.24. The van der Waals surface area contributed by atoms with Crippen LogP contribution in [0.5, 0.6) is 0 Å². The van der Waals surface area contributed by atoms with Crippen molar-refractivity contribution in [2.45, 2.75) is 13.3 Å². The number of fused-ring (bicyclic) bond motifs is 1. The standard InChI is InChI=1S/C20H18ClN3O2/c1-13-6-2-5-9-17(13)23-10-11-24-19(26)15(18(25)22-20(23)24)12-14-7-3-4-8-16(14)21/h2-9,15H,10-12H2,1H3. The molecule has 0 spiro atoms. The van der Waals surface area contributed by atoms with Gasteiger partial charge in [-0.2, -0.15) is 4.99 Å². The molecular weight excluding hydrogens is 350 g/mol. The van der Waals surface area contributed by atoms with Crippen LogP contribution in [0.1, 0.15) is 11.1 Å². The van der Waals surface area contributed by atoms with Crippen molar-refractivity contribution in [1.82, 2.24) is 4.90 Å². The van der Waals surface area contributed by atoms with Crippen molar-refractivity contribution in [3.63, 3.8) is 0 Å². The first-order valence-corrected chi connectivity index (χ1v) is 8.94. The van der Waals surface area contributed by atoms with Crippen LogP contribution in [-0.2, 0) is 16.0 Å². The zero-order chi connectivity index (χ0) is 18.3. The van der Waals surface area contributed by atoms with E-state index in [1.165, 1.54) is 0 Å². The molecule has 2 aliphatic rings. The summed E-state index contributed by atoms with van der Waals surface area (Å²) in [6.07, 6.45) is 0.273. The number of guanidine groups is 1. The second kappa shape index (κ2) is 6.57. The second-order valence-electron chi connectivity index (χ2n) is 6.53. The third-order valence-electron chi connectivity index (χ3n) is 4.89. The van der Waals surface area contributed by atoms with Crippen molar-refractivity contribution in [3.8, 4) is 0 Å². The van der Waals surface area contributed by atoms with Gasteiger partial charge in [-0.25, -0.2) is 0 Å². The number of para-hydroxylation sites is 1. The predicted octanol–water partition coefficient (Wildman–Crippen LogP) is 3.05. The fourth-order valence-corrected chi connectivity index (χ4v) is 3.71. The molecule has 0 N–H and O–H groups in total. The van der Waals surface area contributed by atoms with E-state index in [-0.39, 0.29) is 12.3 Å². The van der Waals surface area contributed by atoms with Crippen molar-refractivity contribution in [2.24, 2.45) is 10.9 Å². The van der Waals surface area contributed by atoms with Crippen LogP contribution in [0.25, 0.3) is 0 Å². The van der Waals surface area contributed by atoms with Gasteiger partial charge in [-0.3, -0.25) is 14.5 Å². The number of amides is 2. The number of hydrogen-bond donors (Lipinski definition) is 0. The highest BCUT2D eigenvalue weighted by atomic mass is 35.5. The molecule has 2 aromatic carbocycles. The monoisotopic (exact) mass is 367 g/mol. The zero-order valence-electron chi connectivity index (χ0n) is 14.4. The predicted molar refractivity (Wildman–Crippen MR) is 101 cm³/mol. The van der Waals surface area contributed by atoms with E-state index in [0.29, 0.717) is 24.1 Å². The highest BCUT2D eigenvalue weighted by molar-refractivity contribution is 6.31. The highest BCUT2D eigenvalue weighted by Crippen LogP contribution is 2.29. The molecule has 4 rings (SSSR count). The van der Waals surface area contributed by atoms with Crippen molar-refractivity contribution >= 4 is 35.1 Å². The smallest absolute Gasteiger partial charge is 0.261 e. The van der Waals surface area contributed by atoms with E-state index in [0.717, 1.165) is 16.8 Å². The van der Waals surface area contributed by atoms with Crippen molar-refractivity contribution in [2.75, 3.05) is 18.0 Å². The summed E-state index contributed by atoms with van der Waals surface area (Å²) in [6, 6.07) is 15.2. The maximum atomic E-state index is 12.9. The largest absolute Gasteiger partial charge is 0.310 e. The van der Waals surface area contributed by atoms with Crippen LogP contribution in [0.3, 0.4) is 0 Å². The second-order valence-corrected chi connectivity index (χ2v) is 6.93. The lowest BCUT2D eigenvalue weighted by molar-refractivity contribution is -0.138. The van der Waals surface area contributed by atoms with Gasteiger partial charge >= 0.3 is 0 Å². The molecule has 0 aromatic heterocycles. The van der Waals surface area contributed by atoms with Crippen LogP contribution in [-0.4, -0.2) is 35.8 Å². The van der Waals surface area contributed by atoms with E-state index in [9.17, 15) is 9.59 Å². The van der Waals surface area contributed by atoms with E-state index in [1.807, 2.05) is 54.3 Å². The fourth-order valence-electron chi connectivity index (χ4n) is 3.50. The zero-order valence-corrected chi connectivity index (χ0v) is 15.1. The summed E-state index contributed by atoms with van der Waals surface area (Å²) in [7, 11) is 0. The van der Waals surface area contributed by atoms with Crippen molar-refractivity contribution in [1.29, 1.82) is 0 Å². The van der Waals surface area contributed by atoms with E-state index in [4.69, 9.17) is 11.6 Å². The van der Waals surface area contributed by atoms with E-state index in [2.05, 4.69) is 4.99 Å². The number of nitrogens with zero attached hydrogens (tertiary/aromatic N) is 3. The molecule has 2 aromatic rings. The van der Waals surface area contributed by atoms with E-state index >= 15 is 0 Å². The molecular formula is C20H18ClN3O2. The minimum atomic E-state index is -0.810. The first kappa shape index (κ1) is 16.8. The van der Waals surface area contributed by atoms with Crippen LogP contribution < -0.4 is 4.90 Å². The average Bonchev–Trinajstić information content (AvgIpc) is 3.04. The van der Waals surface area contributed by atoms with Gasteiger partial charge in [-0.05, 0) is 36.6 Å². The molecule has 26 heavy (non-hydrogen) atoms. The first-order chi connectivity index (χ1) is 12.6. The molecule has 2 heterocycles. The number of rotatable bonds is 3. The first-order valence-electron chi connectivity index (χ1n) is 8.57. The van der Waals surface area contributed by atoms with Crippen LogP contribution in [0.4, 0.5) is 5.69 Å². The summed E-state index contributed by atoms with van der Waals surface area (Å²) < 4.78 is 0. The molecule has 1 saturated heterocycles. The highest BCUT2D eigenvalue weighted by Gasteiger charge is 2.43. The Bertz CT molecular complexity index is 925. The van der Waals surface area contributed by atoms with Gasteiger partial charge in [0.1, 0.15) is 5.92 Å². The molecule has 5 nitrogen and oxygen atoms in total. The number of benzene rings is 2. The van der Waals surface area contributed by atoms with Gasteiger partial charge in [0.15, 0.2) is 0 Å². The summed E-state index contributed by atoms with van der Waals surface area (Å²) in [6.45, 7) is 3.16. The quantitative estimate of drug-likeness (QED) is 0.783. The van der Waals surface area contributed by atoms with Crippen LogP contribution >= 0.6 is 11.6 Å². The molecule has 1 unspecified atom stereocenters. The maximum absolute atomic E-state index is 12.9. The average molecular weight is 368 g/mol. The summed E-state index contributed by atoms with van der Waals surface area (Å²) in [5, 5.41) is 0.561. The molecule has 0 bridgehead atoms. The molecule has 2 amide bonds. The molecule has 0 saturated carbocycles. The molecule has 0 aliphatic carbocycles. The molecule has 1 fully saturated rings. The maximum Gasteiger partial charge on any atom is 0.261 e. The summed E-state index contributed by atoms with van der Waals surface area (Å²) >= 11 is 6.19. The number of anilines is 1. The fraction of sp³-hybridized carbons (Fsp3) is 0.250. The number of aryl methyl sites for hydroxylation is 1. The lowest BCUT2D eigenvalue weighted by Crippen LogP contribution is -2.48. The molecule has 2 aliphatic heterocycles. The molecule has 0 radical (unpaired) electrons. The Morgan fingerprint density at radius 1 is 1.04 bits per heavy atom. The van der Waals surface area contributed by atoms with Gasteiger partial charge in [0.25, 0.3) is 5.91 Å². The summed E-state index contributed by atoms with van der Waals surface area (Å²) in [4.78, 5) is 33.4.